The average Bonchev–Trinajstić information content (AvgIpc) is 2.78. The monoisotopic (exact) mass is 240 g/mol. The molecular weight excluding hydrogens is 222 g/mol. The zero-order valence-corrected chi connectivity index (χ0v) is 10.0. The SMILES string of the molecule is CCCNC1CCN(c2cccc(F)c2F)C1. The van der Waals surface area contributed by atoms with E-state index in [1.165, 1.54) is 0 Å². The molecule has 1 heterocycles. The molecule has 0 aromatic heterocycles. The van der Waals surface area contributed by atoms with Crippen molar-refractivity contribution in [3.8, 4) is 0 Å². The van der Waals surface area contributed by atoms with Crippen LogP contribution in [0.5, 0.6) is 0 Å². The molecule has 0 saturated carbocycles. The van der Waals surface area contributed by atoms with Crippen LogP contribution >= 0.6 is 0 Å². The standard InChI is InChI=1S/C13H18F2N2/c1-2-7-16-10-6-8-17(9-10)12-5-3-4-11(14)13(12)15/h3-5,10,16H,2,6-9H2,1H3. The second-order valence-corrected chi connectivity index (χ2v) is 4.46. The molecule has 0 amide bonds. The third-order valence-corrected chi connectivity index (χ3v) is 3.14. The van der Waals surface area contributed by atoms with Crippen molar-refractivity contribution in [3.05, 3.63) is 29.8 Å². The molecule has 1 fully saturated rings. The number of halogens is 2. The number of rotatable bonds is 4. The van der Waals surface area contributed by atoms with Crippen molar-refractivity contribution in [1.29, 1.82) is 0 Å². The van der Waals surface area contributed by atoms with E-state index in [1.54, 1.807) is 12.1 Å². The lowest BCUT2D eigenvalue weighted by Crippen LogP contribution is -2.33. The van der Waals surface area contributed by atoms with Gasteiger partial charge in [0.15, 0.2) is 11.6 Å². The maximum absolute atomic E-state index is 13.6. The molecule has 0 aliphatic carbocycles. The van der Waals surface area contributed by atoms with Gasteiger partial charge in [0.2, 0.25) is 0 Å². The van der Waals surface area contributed by atoms with Gasteiger partial charge in [-0.1, -0.05) is 13.0 Å². The van der Waals surface area contributed by atoms with Gasteiger partial charge < -0.3 is 10.2 Å². The summed E-state index contributed by atoms with van der Waals surface area (Å²) in [6.07, 6.45) is 2.07. The molecule has 1 aliphatic heterocycles. The lowest BCUT2D eigenvalue weighted by molar-refractivity contribution is 0.506. The minimum Gasteiger partial charge on any atom is -0.367 e. The van der Waals surface area contributed by atoms with Crippen LogP contribution in [-0.2, 0) is 0 Å². The van der Waals surface area contributed by atoms with E-state index in [-0.39, 0.29) is 0 Å². The van der Waals surface area contributed by atoms with E-state index in [2.05, 4.69) is 12.2 Å². The molecule has 2 rings (SSSR count). The molecule has 0 radical (unpaired) electrons. The zero-order valence-electron chi connectivity index (χ0n) is 10.0. The van der Waals surface area contributed by atoms with E-state index in [1.807, 2.05) is 4.90 Å². The Morgan fingerprint density at radius 1 is 1.41 bits per heavy atom. The predicted molar refractivity (Wildman–Crippen MR) is 65.3 cm³/mol. The molecule has 17 heavy (non-hydrogen) atoms. The van der Waals surface area contributed by atoms with Crippen LogP contribution in [0.3, 0.4) is 0 Å². The van der Waals surface area contributed by atoms with Crippen LogP contribution in [0.15, 0.2) is 18.2 Å². The smallest absolute Gasteiger partial charge is 0.182 e. The van der Waals surface area contributed by atoms with Crippen molar-refractivity contribution in [1.82, 2.24) is 5.32 Å². The Kier molecular flexibility index (Phi) is 3.94. The van der Waals surface area contributed by atoms with Gasteiger partial charge in [-0.15, -0.1) is 0 Å². The van der Waals surface area contributed by atoms with Crippen molar-refractivity contribution < 1.29 is 8.78 Å². The van der Waals surface area contributed by atoms with Crippen LogP contribution in [0, 0.1) is 11.6 Å². The summed E-state index contributed by atoms with van der Waals surface area (Å²) in [6, 6.07) is 4.74. The maximum Gasteiger partial charge on any atom is 0.182 e. The van der Waals surface area contributed by atoms with Crippen molar-refractivity contribution in [3.63, 3.8) is 0 Å². The van der Waals surface area contributed by atoms with Gasteiger partial charge in [0.25, 0.3) is 0 Å². The Morgan fingerprint density at radius 2 is 2.24 bits per heavy atom. The molecule has 1 unspecified atom stereocenters. The Morgan fingerprint density at radius 3 is 3.00 bits per heavy atom. The zero-order chi connectivity index (χ0) is 12.3. The highest BCUT2D eigenvalue weighted by molar-refractivity contribution is 5.49. The first-order valence-electron chi connectivity index (χ1n) is 6.14. The van der Waals surface area contributed by atoms with E-state index < -0.39 is 11.6 Å². The van der Waals surface area contributed by atoms with Crippen LogP contribution in [0.25, 0.3) is 0 Å². The van der Waals surface area contributed by atoms with E-state index >= 15 is 0 Å². The molecule has 94 valence electrons. The molecule has 1 atom stereocenters. The van der Waals surface area contributed by atoms with Gasteiger partial charge in [-0.05, 0) is 31.5 Å². The molecule has 0 spiro atoms. The van der Waals surface area contributed by atoms with E-state index in [0.29, 0.717) is 11.7 Å². The van der Waals surface area contributed by atoms with Crippen LogP contribution in [0.1, 0.15) is 19.8 Å². The summed E-state index contributed by atoms with van der Waals surface area (Å²) in [5, 5.41) is 3.41. The first-order valence-corrected chi connectivity index (χ1v) is 6.14. The van der Waals surface area contributed by atoms with Crippen LogP contribution < -0.4 is 10.2 Å². The molecule has 1 aromatic rings. The number of hydrogen-bond acceptors (Lipinski definition) is 2. The fourth-order valence-electron chi connectivity index (χ4n) is 2.23. The lowest BCUT2D eigenvalue weighted by atomic mass is 10.2. The number of nitrogens with zero attached hydrogens (tertiary/aromatic N) is 1. The second-order valence-electron chi connectivity index (χ2n) is 4.46. The number of hydrogen-bond donors (Lipinski definition) is 1. The quantitative estimate of drug-likeness (QED) is 0.870. The van der Waals surface area contributed by atoms with E-state index in [4.69, 9.17) is 0 Å². The molecule has 4 heteroatoms. The van der Waals surface area contributed by atoms with Gasteiger partial charge in [0.05, 0.1) is 5.69 Å². The van der Waals surface area contributed by atoms with Crippen LogP contribution in [-0.4, -0.2) is 25.7 Å². The van der Waals surface area contributed by atoms with Gasteiger partial charge in [0.1, 0.15) is 0 Å². The molecular formula is C13H18F2N2. The Balaban J connectivity index is 2.02. The molecule has 1 aromatic carbocycles. The van der Waals surface area contributed by atoms with Crippen LogP contribution in [0.2, 0.25) is 0 Å². The summed E-state index contributed by atoms with van der Waals surface area (Å²) in [5.41, 5.74) is 0.380. The topological polar surface area (TPSA) is 15.3 Å². The van der Waals surface area contributed by atoms with Crippen molar-refractivity contribution in [2.24, 2.45) is 0 Å². The first kappa shape index (κ1) is 12.3. The number of benzene rings is 1. The van der Waals surface area contributed by atoms with Gasteiger partial charge in [-0.2, -0.15) is 0 Å². The molecule has 2 nitrogen and oxygen atoms in total. The summed E-state index contributed by atoms with van der Waals surface area (Å²) >= 11 is 0. The van der Waals surface area contributed by atoms with Crippen LogP contribution in [0.4, 0.5) is 14.5 Å². The third kappa shape index (κ3) is 2.75. The normalized spacial score (nSPS) is 19.9. The number of anilines is 1. The molecule has 1 saturated heterocycles. The van der Waals surface area contributed by atoms with Gasteiger partial charge in [-0.25, -0.2) is 8.78 Å². The molecule has 0 bridgehead atoms. The van der Waals surface area contributed by atoms with Gasteiger partial charge in [0, 0.05) is 19.1 Å². The summed E-state index contributed by atoms with van der Waals surface area (Å²) in [4.78, 5) is 1.91. The average molecular weight is 240 g/mol. The van der Waals surface area contributed by atoms with E-state index in [0.717, 1.165) is 38.5 Å². The second kappa shape index (κ2) is 5.45. The summed E-state index contributed by atoms with van der Waals surface area (Å²) in [6.45, 7) is 4.62. The Hall–Kier alpha value is -1.16. The summed E-state index contributed by atoms with van der Waals surface area (Å²) in [7, 11) is 0. The predicted octanol–water partition coefficient (Wildman–Crippen LogP) is 2.54. The Bertz CT molecular complexity index is 382. The van der Waals surface area contributed by atoms with Gasteiger partial charge in [-0.3, -0.25) is 0 Å². The lowest BCUT2D eigenvalue weighted by Gasteiger charge is -2.19. The van der Waals surface area contributed by atoms with Crippen molar-refractivity contribution >= 4 is 5.69 Å². The Labute approximate surface area is 101 Å². The minimum atomic E-state index is -0.771. The molecule has 1 N–H and O–H groups in total. The highest BCUT2D eigenvalue weighted by Gasteiger charge is 2.24. The van der Waals surface area contributed by atoms with Crippen molar-refractivity contribution in [2.45, 2.75) is 25.8 Å². The van der Waals surface area contributed by atoms with E-state index in [9.17, 15) is 8.78 Å². The minimum absolute atomic E-state index is 0.380. The first-order chi connectivity index (χ1) is 8.22. The van der Waals surface area contributed by atoms with Crippen molar-refractivity contribution in [2.75, 3.05) is 24.5 Å². The number of nitrogens with one attached hydrogen (secondary N) is 1. The fraction of sp³-hybridized carbons (Fsp3) is 0.538. The van der Waals surface area contributed by atoms with Gasteiger partial charge >= 0.3 is 0 Å². The highest BCUT2D eigenvalue weighted by atomic mass is 19.2. The maximum atomic E-state index is 13.6. The summed E-state index contributed by atoms with van der Waals surface area (Å²) < 4.78 is 26.7. The fourth-order valence-corrected chi connectivity index (χ4v) is 2.23. The highest BCUT2D eigenvalue weighted by Crippen LogP contribution is 2.25. The third-order valence-electron chi connectivity index (χ3n) is 3.14. The largest absolute Gasteiger partial charge is 0.367 e. The summed E-state index contributed by atoms with van der Waals surface area (Å²) in [5.74, 6) is -1.50. The molecule has 1 aliphatic rings.